The van der Waals surface area contributed by atoms with Gasteiger partial charge in [-0.2, -0.15) is 0 Å². The standard InChI is InChI=1S/C17H17N5O/c18-17-20-15-6-8-22(10-13(15)16(23)21-17)9-11-5-7-19-14-4-2-1-3-12(11)14/h1-5,7H,6,8-10H2,(H3,18,20,21,23). The SMILES string of the molecule is Nc1nc2c(c(=O)[nH]1)CN(Cc1ccnc3ccccc13)CC2. The maximum absolute atomic E-state index is 12.1. The van der Waals surface area contributed by atoms with E-state index in [1.807, 2.05) is 30.5 Å². The molecule has 0 saturated carbocycles. The van der Waals surface area contributed by atoms with Crippen molar-refractivity contribution in [3.05, 3.63) is 63.7 Å². The third-order valence-corrected chi connectivity index (χ3v) is 4.30. The first-order valence-corrected chi connectivity index (χ1v) is 7.63. The Bertz CT molecular complexity index is 928. The number of fused-ring (bicyclic) bond motifs is 2. The lowest BCUT2D eigenvalue weighted by Gasteiger charge is -2.27. The minimum atomic E-state index is -0.128. The summed E-state index contributed by atoms with van der Waals surface area (Å²) in [5.41, 5.74) is 9.25. The molecular weight excluding hydrogens is 290 g/mol. The molecule has 4 rings (SSSR count). The van der Waals surface area contributed by atoms with Gasteiger partial charge < -0.3 is 5.73 Å². The van der Waals surface area contributed by atoms with E-state index in [4.69, 9.17) is 5.73 Å². The molecule has 23 heavy (non-hydrogen) atoms. The van der Waals surface area contributed by atoms with Gasteiger partial charge in [0.25, 0.3) is 5.56 Å². The number of nitrogens with one attached hydrogen (secondary N) is 1. The second-order valence-electron chi connectivity index (χ2n) is 5.82. The predicted octanol–water partition coefficient (Wildman–Crippen LogP) is 1.46. The number of para-hydroxylation sites is 1. The van der Waals surface area contributed by atoms with Gasteiger partial charge in [0.1, 0.15) is 0 Å². The zero-order valence-electron chi connectivity index (χ0n) is 12.6. The lowest BCUT2D eigenvalue weighted by atomic mass is 10.0. The highest BCUT2D eigenvalue weighted by Crippen LogP contribution is 2.21. The van der Waals surface area contributed by atoms with Gasteiger partial charge in [-0.25, -0.2) is 4.98 Å². The quantitative estimate of drug-likeness (QED) is 0.748. The highest BCUT2D eigenvalue weighted by atomic mass is 16.1. The number of pyridine rings is 1. The van der Waals surface area contributed by atoms with Crippen LogP contribution < -0.4 is 11.3 Å². The fraction of sp³-hybridized carbons (Fsp3) is 0.235. The van der Waals surface area contributed by atoms with Crippen molar-refractivity contribution in [1.82, 2.24) is 19.9 Å². The van der Waals surface area contributed by atoms with Gasteiger partial charge in [0.05, 0.1) is 16.8 Å². The number of anilines is 1. The summed E-state index contributed by atoms with van der Waals surface area (Å²) < 4.78 is 0. The molecule has 116 valence electrons. The summed E-state index contributed by atoms with van der Waals surface area (Å²) in [4.78, 5) is 25.6. The highest BCUT2D eigenvalue weighted by Gasteiger charge is 2.21. The maximum atomic E-state index is 12.1. The minimum Gasteiger partial charge on any atom is -0.369 e. The summed E-state index contributed by atoms with van der Waals surface area (Å²) in [5.74, 6) is 0.197. The van der Waals surface area contributed by atoms with Gasteiger partial charge in [0.2, 0.25) is 5.95 Å². The molecular formula is C17H17N5O. The van der Waals surface area contributed by atoms with Gasteiger partial charge in [-0.05, 0) is 17.7 Å². The van der Waals surface area contributed by atoms with Crippen LogP contribution in [0.4, 0.5) is 5.95 Å². The molecule has 1 aliphatic rings. The summed E-state index contributed by atoms with van der Waals surface area (Å²) in [6, 6.07) is 10.2. The molecule has 3 heterocycles. The summed E-state index contributed by atoms with van der Waals surface area (Å²) in [6.07, 6.45) is 2.58. The Hall–Kier alpha value is -2.73. The Balaban J connectivity index is 1.64. The van der Waals surface area contributed by atoms with E-state index in [2.05, 4.69) is 25.9 Å². The lowest BCUT2D eigenvalue weighted by molar-refractivity contribution is 0.242. The third-order valence-electron chi connectivity index (χ3n) is 4.30. The number of nitrogens with zero attached hydrogens (tertiary/aromatic N) is 3. The van der Waals surface area contributed by atoms with Crippen molar-refractivity contribution in [1.29, 1.82) is 0 Å². The second kappa shape index (κ2) is 5.48. The van der Waals surface area contributed by atoms with Crippen LogP contribution in [-0.4, -0.2) is 26.4 Å². The van der Waals surface area contributed by atoms with Gasteiger partial charge in [-0.1, -0.05) is 18.2 Å². The number of aromatic nitrogens is 3. The average molecular weight is 307 g/mol. The molecule has 0 fully saturated rings. The van der Waals surface area contributed by atoms with E-state index in [-0.39, 0.29) is 11.5 Å². The number of aromatic amines is 1. The van der Waals surface area contributed by atoms with Crippen LogP contribution in [-0.2, 0) is 19.5 Å². The molecule has 6 nitrogen and oxygen atoms in total. The van der Waals surface area contributed by atoms with Crippen molar-refractivity contribution in [3.63, 3.8) is 0 Å². The van der Waals surface area contributed by atoms with Crippen molar-refractivity contribution in [2.24, 2.45) is 0 Å². The molecule has 0 radical (unpaired) electrons. The number of nitrogens with two attached hydrogens (primary N) is 1. The molecule has 3 N–H and O–H groups in total. The molecule has 0 aliphatic carbocycles. The number of hydrogen-bond acceptors (Lipinski definition) is 5. The molecule has 0 spiro atoms. The Morgan fingerprint density at radius 1 is 1.26 bits per heavy atom. The molecule has 0 bridgehead atoms. The van der Waals surface area contributed by atoms with Crippen LogP contribution >= 0.6 is 0 Å². The van der Waals surface area contributed by atoms with Crippen molar-refractivity contribution in [2.75, 3.05) is 12.3 Å². The summed E-state index contributed by atoms with van der Waals surface area (Å²) >= 11 is 0. The molecule has 0 saturated heterocycles. The minimum absolute atomic E-state index is 0.128. The second-order valence-corrected chi connectivity index (χ2v) is 5.82. The van der Waals surface area contributed by atoms with Crippen molar-refractivity contribution >= 4 is 16.9 Å². The van der Waals surface area contributed by atoms with Crippen LogP contribution in [0.5, 0.6) is 0 Å². The van der Waals surface area contributed by atoms with Gasteiger partial charge in [0, 0.05) is 37.6 Å². The number of H-pyrrole nitrogens is 1. The van der Waals surface area contributed by atoms with E-state index in [0.717, 1.165) is 41.7 Å². The summed E-state index contributed by atoms with van der Waals surface area (Å²) in [6.45, 7) is 2.24. The molecule has 6 heteroatoms. The predicted molar refractivity (Wildman–Crippen MR) is 88.8 cm³/mol. The number of nitrogen functional groups attached to an aromatic ring is 1. The normalized spacial score (nSPS) is 14.8. The van der Waals surface area contributed by atoms with E-state index in [0.29, 0.717) is 6.54 Å². The Kier molecular flexibility index (Phi) is 3.31. The zero-order valence-corrected chi connectivity index (χ0v) is 12.6. The Morgan fingerprint density at radius 2 is 2.13 bits per heavy atom. The molecule has 2 aromatic heterocycles. The fourth-order valence-electron chi connectivity index (χ4n) is 3.17. The first kappa shape index (κ1) is 13.9. The zero-order chi connectivity index (χ0) is 15.8. The topological polar surface area (TPSA) is 87.9 Å². The van der Waals surface area contributed by atoms with Gasteiger partial charge >= 0.3 is 0 Å². The fourth-order valence-corrected chi connectivity index (χ4v) is 3.17. The average Bonchev–Trinajstić information content (AvgIpc) is 2.56. The van der Waals surface area contributed by atoms with Crippen LogP contribution in [0.3, 0.4) is 0 Å². The monoisotopic (exact) mass is 307 g/mol. The van der Waals surface area contributed by atoms with Gasteiger partial charge in [-0.15, -0.1) is 0 Å². The van der Waals surface area contributed by atoms with E-state index in [9.17, 15) is 4.79 Å². The number of rotatable bonds is 2. The lowest BCUT2D eigenvalue weighted by Crippen LogP contribution is -2.35. The molecule has 0 amide bonds. The first-order chi connectivity index (χ1) is 11.2. The highest BCUT2D eigenvalue weighted by molar-refractivity contribution is 5.81. The van der Waals surface area contributed by atoms with Crippen molar-refractivity contribution in [3.8, 4) is 0 Å². The van der Waals surface area contributed by atoms with E-state index < -0.39 is 0 Å². The van der Waals surface area contributed by atoms with Crippen molar-refractivity contribution in [2.45, 2.75) is 19.5 Å². The summed E-state index contributed by atoms with van der Waals surface area (Å²) in [7, 11) is 0. The van der Waals surface area contributed by atoms with Crippen LogP contribution in [0.25, 0.3) is 10.9 Å². The van der Waals surface area contributed by atoms with E-state index >= 15 is 0 Å². The van der Waals surface area contributed by atoms with E-state index in [1.54, 1.807) is 0 Å². The largest absolute Gasteiger partial charge is 0.369 e. The Morgan fingerprint density at radius 3 is 3.04 bits per heavy atom. The first-order valence-electron chi connectivity index (χ1n) is 7.63. The van der Waals surface area contributed by atoms with Crippen molar-refractivity contribution < 1.29 is 0 Å². The van der Waals surface area contributed by atoms with Crippen LogP contribution in [0.15, 0.2) is 41.3 Å². The molecule has 0 unspecified atom stereocenters. The molecule has 3 aromatic rings. The number of hydrogen-bond donors (Lipinski definition) is 2. The van der Waals surface area contributed by atoms with Crippen LogP contribution in [0.2, 0.25) is 0 Å². The van der Waals surface area contributed by atoms with Crippen LogP contribution in [0.1, 0.15) is 16.8 Å². The molecule has 1 aromatic carbocycles. The molecule has 0 atom stereocenters. The van der Waals surface area contributed by atoms with Gasteiger partial charge in [0.15, 0.2) is 0 Å². The summed E-state index contributed by atoms with van der Waals surface area (Å²) in [5, 5.41) is 1.16. The van der Waals surface area contributed by atoms with Gasteiger partial charge in [-0.3, -0.25) is 19.7 Å². The maximum Gasteiger partial charge on any atom is 0.257 e. The number of benzene rings is 1. The van der Waals surface area contributed by atoms with E-state index in [1.165, 1.54) is 5.56 Å². The third kappa shape index (κ3) is 2.57. The Labute approximate surface area is 133 Å². The molecule has 1 aliphatic heterocycles. The van der Waals surface area contributed by atoms with Crippen LogP contribution in [0, 0.1) is 0 Å². The smallest absolute Gasteiger partial charge is 0.257 e.